The lowest BCUT2D eigenvalue weighted by molar-refractivity contribution is 0.144. The summed E-state index contributed by atoms with van der Waals surface area (Å²) in [5.74, 6) is 0. The largest absolute Gasteiger partial charge is 0.313 e. The minimum atomic E-state index is 0.681. The summed E-state index contributed by atoms with van der Waals surface area (Å²) in [6, 6.07) is 2.36. The molecule has 0 aromatic rings. The van der Waals surface area contributed by atoms with Gasteiger partial charge in [0.05, 0.1) is 0 Å². The molecule has 0 aromatic heterocycles. The predicted molar refractivity (Wildman–Crippen MR) is 60.5 cm³/mol. The van der Waals surface area contributed by atoms with E-state index in [9.17, 15) is 0 Å². The van der Waals surface area contributed by atoms with E-state index in [1.165, 1.54) is 45.2 Å². The van der Waals surface area contributed by atoms with Crippen LogP contribution in [-0.2, 0) is 0 Å². The molecule has 1 aliphatic carbocycles. The lowest BCUT2D eigenvalue weighted by Crippen LogP contribution is -2.44. The Kier molecular flexibility index (Phi) is 3.45. The molecule has 2 unspecified atom stereocenters. The average molecular weight is 196 g/mol. The Morgan fingerprint density at radius 3 is 2.50 bits per heavy atom. The number of nitrogens with one attached hydrogen (secondary N) is 1. The quantitative estimate of drug-likeness (QED) is 0.690. The molecule has 82 valence electrons. The van der Waals surface area contributed by atoms with Gasteiger partial charge in [0.1, 0.15) is 0 Å². The summed E-state index contributed by atoms with van der Waals surface area (Å²) >= 11 is 0. The molecule has 2 nitrogen and oxygen atoms in total. The van der Waals surface area contributed by atoms with Gasteiger partial charge in [-0.1, -0.05) is 12.8 Å². The van der Waals surface area contributed by atoms with Crippen LogP contribution in [0.4, 0.5) is 0 Å². The van der Waals surface area contributed by atoms with E-state index in [1.807, 2.05) is 0 Å². The van der Waals surface area contributed by atoms with E-state index in [-0.39, 0.29) is 0 Å². The van der Waals surface area contributed by atoms with E-state index in [0.29, 0.717) is 6.04 Å². The normalized spacial score (nSPS) is 37.3. The maximum absolute atomic E-state index is 3.59. The Bertz CT molecular complexity index is 175. The number of nitrogens with zero attached hydrogens (tertiary/aromatic N) is 1. The van der Waals surface area contributed by atoms with Gasteiger partial charge in [-0.15, -0.1) is 0 Å². The van der Waals surface area contributed by atoms with Crippen LogP contribution in [0.3, 0.4) is 0 Å². The lowest BCUT2D eigenvalue weighted by atomic mass is 10.1. The summed E-state index contributed by atoms with van der Waals surface area (Å²) < 4.78 is 0. The van der Waals surface area contributed by atoms with Crippen LogP contribution in [-0.4, -0.2) is 36.1 Å². The van der Waals surface area contributed by atoms with Crippen LogP contribution in [0, 0.1) is 0 Å². The molecule has 1 saturated carbocycles. The molecular weight excluding hydrogens is 172 g/mol. The third-order valence-corrected chi connectivity index (χ3v) is 3.90. The van der Waals surface area contributed by atoms with Crippen molar-refractivity contribution in [2.75, 3.05) is 13.1 Å². The van der Waals surface area contributed by atoms with Crippen molar-refractivity contribution in [1.29, 1.82) is 0 Å². The van der Waals surface area contributed by atoms with Gasteiger partial charge in [0, 0.05) is 24.7 Å². The van der Waals surface area contributed by atoms with Crippen molar-refractivity contribution in [3.63, 3.8) is 0 Å². The highest BCUT2D eigenvalue weighted by Gasteiger charge is 2.28. The van der Waals surface area contributed by atoms with E-state index in [0.717, 1.165) is 12.1 Å². The summed E-state index contributed by atoms with van der Waals surface area (Å²) in [6.07, 6.45) is 7.11. The Morgan fingerprint density at radius 2 is 1.79 bits per heavy atom. The molecule has 1 saturated heterocycles. The highest BCUT2D eigenvalue weighted by molar-refractivity contribution is 4.86. The van der Waals surface area contributed by atoms with Gasteiger partial charge in [-0.05, 0) is 39.7 Å². The van der Waals surface area contributed by atoms with Gasteiger partial charge in [0.2, 0.25) is 0 Å². The van der Waals surface area contributed by atoms with E-state index >= 15 is 0 Å². The second-order valence-corrected chi connectivity index (χ2v) is 5.13. The van der Waals surface area contributed by atoms with Gasteiger partial charge in [-0.2, -0.15) is 0 Å². The number of hydrogen-bond acceptors (Lipinski definition) is 2. The molecule has 1 aliphatic heterocycles. The van der Waals surface area contributed by atoms with Gasteiger partial charge in [0.15, 0.2) is 0 Å². The van der Waals surface area contributed by atoms with Crippen molar-refractivity contribution in [2.24, 2.45) is 0 Å². The standard InChI is InChI=1S/C12H24N2/c1-10-9-14(11(2)7-8-13-10)12-5-3-4-6-12/h10-13H,3-9H2,1-2H3. The van der Waals surface area contributed by atoms with Crippen molar-refractivity contribution >= 4 is 0 Å². The SMILES string of the molecule is CC1CN(C2CCCC2)C(C)CCN1. The maximum atomic E-state index is 3.59. The zero-order valence-electron chi connectivity index (χ0n) is 9.63. The number of hydrogen-bond donors (Lipinski definition) is 1. The zero-order chi connectivity index (χ0) is 9.97. The second-order valence-electron chi connectivity index (χ2n) is 5.13. The minimum absolute atomic E-state index is 0.681. The van der Waals surface area contributed by atoms with Crippen LogP contribution in [0.15, 0.2) is 0 Å². The lowest BCUT2D eigenvalue weighted by Gasteiger charge is -2.33. The fraction of sp³-hybridized carbons (Fsp3) is 1.00. The first kappa shape index (κ1) is 10.4. The molecule has 0 aromatic carbocycles. The Hall–Kier alpha value is -0.0800. The first-order valence-corrected chi connectivity index (χ1v) is 6.26. The highest BCUT2D eigenvalue weighted by Crippen LogP contribution is 2.26. The topological polar surface area (TPSA) is 15.3 Å². The fourth-order valence-electron chi connectivity index (χ4n) is 3.01. The third kappa shape index (κ3) is 2.29. The van der Waals surface area contributed by atoms with Gasteiger partial charge in [0.25, 0.3) is 0 Å². The molecule has 0 amide bonds. The first-order chi connectivity index (χ1) is 6.77. The molecule has 2 fully saturated rings. The molecule has 2 heteroatoms. The molecule has 2 rings (SSSR count). The van der Waals surface area contributed by atoms with Crippen LogP contribution in [0.2, 0.25) is 0 Å². The van der Waals surface area contributed by atoms with Gasteiger partial charge < -0.3 is 5.32 Å². The molecule has 1 heterocycles. The Morgan fingerprint density at radius 1 is 1.07 bits per heavy atom. The van der Waals surface area contributed by atoms with Crippen LogP contribution in [0.1, 0.15) is 46.0 Å². The van der Waals surface area contributed by atoms with Gasteiger partial charge >= 0.3 is 0 Å². The fourth-order valence-corrected chi connectivity index (χ4v) is 3.01. The molecule has 0 spiro atoms. The Labute approximate surface area is 88.1 Å². The van der Waals surface area contributed by atoms with Crippen molar-refractivity contribution in [3.05, 3.63) is 0 Å². The molecule has 2 aliphatic rings. The summed E-state index contributed by atoms with van der Waals surface area (Å²) in [5, 5.41) is 3.59. The third-order valence-electron chi connectivity index (χ3n) is 3.90. The van der Waals surface area contributed by atoms with Crippen molar-refractivity contribution in [2.45, 2.75) is 64.1 Å². The van der Waals surface area contributed by atoms with E-state index in [4.69, 9.17) is 0 Å². The smallest absolute Gasteiger partial charge is 0.0166 e. The molecule has 0 bridgehead atoms. The molecule has 14 heavy (non-hydrogen) atoms. The predicted octanol–water partition coefficient (Wildman–Crippen LogP) is 2.00. The van der Waals surface area contributed by atoms with Crippen LogP contribution in [0.25, 0.3) is 0 Å². The monoisotopic (exact) mass is 196 g/mol. The van der Waals surface area contributed by atoms with E-state index in [1.54, 1.807) is 0 Å². The van der Waals surface area contributed by atoms with Crippen LogP contribution >= 0.6 is 0 Å². The summed E-state index contributed by atoms with van der Waals surface area (Å²) in [7, 11) is 0. The minimum Gasteiger partial charge on any atom is -0.313 e. The molecule has 2 atom stereocenters. The van der Waals surface area contributed by atoms with E-state index < -0.39 is 0 Å². The molecule has 0 radical (unpaired) electrons. The molecular formula is C12H24N2. The first-order valence-electron chi connectivity index (χ1n) is 6.26. The second kappa shape index (κ2) is 4.63. The molecule has 1 N–H and O–H groups in total. The average Bonchev–Trinajstić information content (AvgIpc) is 2.61. The van der Waals surface area contributed by atoms with Crippen LogP contribution in [0.5, 0.6) is 0 Å². The number of rotatable bonds is 1. The van der Waals surface area contributed by atoms with E-state index in [2.05, 4.69) is 24.1 Å². The van der Waals surface area contributed by atoms with Gasteiger partial charge in [-0.3, -0.25) is 4.90 Å². The highest BCUT2D eigenvalue weighted by atomic mass is 15.2. The summed E-state index contributed by atoms with van der Waals surface area (Å²) in [6.45, 7) is 7.18. The van der Waals surface area contributed by atoms with Crippen molar-refractivity contribution in [1.82, 2.24) is 10.2 Å². The van der Waals surface area contributed by atoms with Crippen LogP contribution < -0.4 is 5.32 Å². The van der Waals surface area contributed by atoms with Crippen molar-refractivity contribution < 1.29 is 0 Å². The van der Waals surface area contributed by atoms with Gasteiger partial charge in [-0.25, -0.2) is 0 Å². The zero-order valence-corrected chi connectivity index (χ0v) is 9.63. The van der Waals surface area contributed by atoms with Crippen molar-refractivity contribution in [3.8, 4) is 0 Å². The summed E-state index contributed by atoms with van der Waals surface area (Å²) in [5.41, 5.74) is 0. The Balaban J connectivity index is 1.97. The maximum Gasteiger partial charge on any atom is 0.0166 e. The summed E-state index contributed by atoms with van der Waals surface area (Å²) in [4.78, 5) is 2.76.